The molecule has 0 aliphatic carbocycles. The summed E-state index contributed by atoms with van der Waals surface area (Å²) in [4.78, 5) is 47.1. The topological polar surface area (TPSA) is 128 Å². The van der Waals surface area contributed by atoms with E-state index in [1.54, 1.807) is 0 Å². The molecule has 0 spiro atoms. The van der Waals surface area contributed by atoms with Gasteiger partial charge in [0.2, 0.25) is 5.91 Å². The van der Waals surface area contributed by atoms with Crippen molar-refractivity contribution >= 4 is 23.8 Å². The Hall–Kier alpha value is -2.16. The van der Waals surface area contributed by atoms with Crippen LogP contribution in [0.1, 0.15) is 13.3 Å². The van der Waals surface area contributed by atoms with Crippen LogP contribution in [-0.4, -0.2) is 62.4 Å². The first kappa shape index (κ1) is 18.9. The lowest BCUT2D eigenvalue weighted by atomic mass is 9.87. The third kappa shape index (κ3) is 4.65. The third-order valence-corrected chi connectivity index (χ3v) is 3.83. The molecule has 2 N–H and O–H groups in total. The fourth-order valence-electron chi connectivity index (χ4n) is 2.40. The number of aliphatic carboxylic acids is 1. The lowest BCUT2D eigenvalue weighted by Gasteiger charge is -2.26. The molecular weight excluding hydrogens is 310 g/mol. The van der Waals surface area contributed by atoms with Crippen molar-refractivity contribution in [3.05, 3.63) is 0 Å². The summed E-state index contributed by atoms with van der Waals surface area (Å²) in [6, 6.07) is -1.44. The van der Waals surface area contributed by atoms with Crippen LogP contribution in [0.15, 0.2) is 0 Å². The van der Waals surface area contributed by atoms with Crippen molar-refractivity contribution in [1.29, 1.82) is 0 Å². The summed E-state index contributed by atoms with van der Waals surface area (Å²) in [5, 5.41) is 11.7. The summed E-state index contributed by atoms with van der Waals surface area (Å²) in [6.45, 7) is 2.00. The van der Waals surface area contributed by atoms with Crippen molar-refractivity contribution in [2.75, 3.05) is 27.4 Å². The number of nitrogens with one attached hydrogen (secondary N) is 1. The van der Waals surface area contributed by atoms with Crippen molar-refractivity contribution in [3.8, 4) is 0 Å². The summed E-state index contributed by atoms with van der Waals surface area (Å²) >= 11 is 0. The van der Waals surface area contributed by atoms with E-state index in [9.17, 15) is 24.3 Å². The summed E-state index contributed by atoms with van der Waals surface area (Å²) in [6.07, 6.45) is 0.490. The fraction of sp³-hybridized carbons (Fsp3) is 0.714. The van der Waals surface area contributed by atoms with Gasteiger partial charge in [-0.05, 0) is 6.42 Å². The highest BCUT2D eigenvalue weighted by atomic mass is 16.5. The molecule has 9 heteroatoms. The molecule has 0 unspecified atom stereocenters. The maximum Gasteiger partial charge on any atom is 0.326 e. The predicted octanol–water partition coefficient (Wildman–Crippen LogP) is -0.809. The van der Waals surface area contributed by atoms with Gasteiger partial charge in [0.15, 0.2) is 5.92 Å². The highest BCUT2D eigenvalue weighted by Gasteiger charge is 2.42. The molecule has 1 saturated heterocycles. The Morgan fingerprint density at radius 3 is 2.13 bits per heavy atom. The number of carbonyl (C=O) groups excluding carboxylic acids is 3. The van der Waals surface area contributed by atoms with E-state index in [1.165, 1.54) is 6.92 Å². The maximum atomic E-state index is 12.1. The monoisotopic (exact) mass is 331 g/mol. The Labute approximate surface area is 133 Å². The van der Waals surface area contributed by atoms with Crippen molar-refractivity contribution < 1.29 is 38.5 Å². The second-order valence-corrected chi connectivity index (χ2v) is 5.27. The molecule has 0 aromatic heterocycles. The predicted molar refractivity (Wildman–Crippen MR) is 75.2 cm³/mol. The average Bonchev–Trinajstić information content (AvgIpc) is 3.05. The van der Waals surface area contributed by atoms with Gasteiger partial charge in [-0.1, -0.05) is 6.92 Å². The van der Waals surface area contributed by atoms with Gasteiger partial charge in [-0.25, -0.2) is 4.79 Å². The Kier molecular flexibility index (Phi) is 6.95. The number of esters is 2. The number of hydrogen-bond acceptors (Lipinski definition) is 7. The quantitative estimate of drug-likeness (QED) is 0.458. The smallest absolute Gasteiger partial charge is 0.326 e. The zero-order chi connectivity index (χ0) is 17.6. The molecule has 3 atom stereocenters. The Morgan fingerprint density at radius 1 is 1.17 bits per heavy atom. The highest BCUT2D eigenvalue weighted by Crippen LogP contribution is 2.21. The molecule has 1 fully saturated rings. The summed E-state index contributed by atoms with van der Waals surface area (Å²) in [5.41, 5.74) is 0. The van der Waals surface area contributed by atoms with E-state index in [0.29, 0.717) is 13.0 Å². The minimum absolute atomic E-state index is 0.212. The van der Waals surface area contributed by atoms with E-state index < -0.39 is 47.6 Å². The van der Waals surface area contributed by atoms with Gasteiger partial charge in [0, 0.05) is 12.5 Å². The van der Waals surface area contributed by atoms with E-state index in [-0.39, 0.29) is 6.61 Å². The van der Waals surface area contributed by atoms with Gasteiger partial charge in [0.05, 0.1) is 26.7 Å². The lowest BCUT2D eigenvalue weighted by molar-refractivity contribution is -0.163. The van der Waals surface area contributed by atoms with Gasteiger partial charge in [-0.15, -0.1) is 0 Å². The number of amides is 1. The van der Waals surface area contributed by atoms with Gasteiger partial charge >= 0.3 is 17.9 Å². The molecule has 0 aromatic carbocycles. The largest absolute Gasteiger partial charge is 0.480 e. The minimum atomic E-state index is -1.45. The lowest BCUT2D eigenvalue weighted by Crippen LogP contribution is -2.51. The Bertz CT molecular complexity index is 455. The van der Waals surface area contributed by atoms with Gasteiger partial charge in [0.1, 0.15) is 6.04 Å². The molecule has 130 valence electrons. The van der Waals surface area contributed by atoms with Crippen molar-refractivity contribution in [1.82, 2.24) is 5.32 Å². The zero-order valence-electron chi connectivity index (χ0n) is 13.2. The van der Waals surface area contributed by atoms with Gasteiger partial charge < -0.3 is 24.6 Å². The third-order valence-electron chi connectivity index (χ3n) is 3.83. The number of ether oxygens (including phenoxy) is 3. The van der Waals surface area contributed by atoms with Crippen LogP contribution in [0.4, 0.5) is 0 Å². The SMILES string of the molecule is COC(=O)C(C(=O)OC)[C@H](C)[C@H](NC(=O)[C@H]1CCOC1)C(=O)O. The molecule has 1 heterocycles. The maximum absolute atomic E-state index is 12.1. The second-order valence-electron chi connectivity index (χ2n) is 5.27. The second kappa shape index (κ2) is 8.47. The molecule has 0 saturated carbocycles. The molecule has 23 heavy (non-hydrogen) atoms. The van der Waals surface area contributed by atoms with Gasteiger partial charge in [-0.2, -0.15) is 0 Å². The molecule has 0 aromatic rings. The molecule has 9 nitrogen and oxygen atoms in total. The minimum Gasteiger partial charge on any atom is -0.480 e. The van der Waals surface area contributed by atoms with Crippen LogP contribution in [0.25, 0.3) is 0 Å². The molecule has 1 aliphatic heterocycles. The van der Waals surface area contributed by atoms with Gasteiger partial charge in [-0.3, -0.25) is 14.4 Å². The average molecular weight is 331 g/mol. The van der Waals surface area contributed by atoms with Crippen molar-refractivity contribution in [3.63, 3.8) is 0 Å². The van der Waals surface area contributed by atoms with Crippen LogP contribution < -0.4 is 5.32 Å². The Morgan fingerprint density at radius 2 is 1.74 bits per heavy atom. The van der Waals surface area contributed by atoms with E-state index in [1.807, 2.05) is 0 Å². The summed E-state index contributed by atoms with van der Waals surface area (Å²) in [5.74, 6) is -6.65. The van der Waals surface area contributed by atoms with Crippen LogP contribution in [0.5, 0.6) is 0 Å². The van der Waals surface area contributed by atoms with Crippen molar-refractivity contribution in [2.45, 2.75) is 19.4 Å². The fourth-order valence-corrected chi connectivity index (χ4v) is 2.40. The summed E-state index contributed by atoms with van der Waals surface area (Å²) in [7, 11) is 2.16. The molecule has 1 amide bonds. The van der Waals surface area contributed by atoms with E-state index >= 15 is 0 Å². The standard InChI is InChI=1S/C14H21NO8/c1-7(9(13(19)21-2)14(20)22-3)10(12(17)18)15-11(16)8-4-5-23-6-8/h7-10H,4-6H2,1-3H3,(H,15,16)(H,17,18)/t7-,8-,10-/m0/s1. The summed E-state index contributed by atoms with van der Waals surface area (Å²) < 4.78 is 14.1. The highest BCUT2D eigenvalue weighted by molar-refractivity contribution is 5.96. The van der Waals surface area contributed by atoms with E-state index in [2.05, 4.69) is 14.8 Å². The van der Waals surface area contributed by atoms with Crippen LogP contribution >= 0.6 is 0 Å². The first-order chi connectivity index (χ1) is 10.8. The number of carboxylic acids is 1. The molecule has 0 bridgehead atoms. The van der Waals surface area contributed by atoms with Crippen LogP contribution in [0, 0.1) is 17.8 Å². The van der Waals surface area contributed by atoms with E-state index in [4.69, 9.17) is 4.74 Å². The van der Waals surface area contributed by atoms with Crippen LogP contribution in [0.2, 0.25) is 0 Å². The van der Waals surface area contributed by atoms with E-state index in [0.717, 1.165) is 14.2 Å². The first-order valence-corrected chi connectivity index (χ1v) is 7.10. The normalized spacial score (nSPS) is 19.7. The number of carboxylic acid groups (broad SMARTS) is 1. The molecular formula is C14H21NO8. The molecule has 1 rings (SSSR count). The Balaban J connectivity index is 2.92. The van der Waals surface area contributed by atoms with Crippen LogP contribution in [-0.2, 0) is 33.4 Å². The number of methoxy groups -OCH3 is 2. The van der Waals surface area contributed by atoms with Gasteiger partial charge in [0.25, 0.3) is 0 Å². The number of rotatable bonds is 7. The molecule has 0 radical (unpaired) electrons. The number of carbonyl (C=O) groups is 4. The zero-order valence-corrected chi connectivity index (χ0v) is 13.2. The first-order valence-electron chi connectivity index (χ1n) is 7.10. The van der Waals surface area contributed by atoms with Crippen LogP contribution in [0.3, 0.4) is 0 Å². The molecule has 1 aliphatic rings. The van der Waals surface area contributed by atoms with Crippen molar-refractivity contribution in [2.24, 2.45) is 17.8 Å². The number of hydrogen-bond donors (Lipinski definition) is 2.